The first kappa shape index (κ1) is 23.8. The molecule has 4 aromatic rings. The van der Waals surface area contributed by atoms with Crippen molar-refractivity contribution in [3.05, 3.63) is 71.3 Å². The summed E-state index contributed by atoms with van der Waals surface area (Å²) in [5.41, 5.74) is 1.93. The molecule has 0 saturated carbocycles. The minimum absolute atomic E-state index is 0.0469. The zero-order valence-corrected chi connectivity index (χ0v) is 21.3. The summed E-state index contributed by atoms with van der Waals surface area (Å²) < 4.78 is 29.6. The number of aryl methyl sites for hydroxylation is 1. The fraction of sp³-hybridized carbons (Fsp3) is 0.280. The summed E-state index contributed by atoms with van der Waals surface area (Å²) in [6.45, 7) is 2.15. The number of aromatic nitrogens is 2. The van der Waals surface area contributed by atoms with Crippen LogP contribution in [0.15, 0.2) is 71.2 Å². The van der Waals surface area contributed by atoms with E-state index in [0.717, 1.165) is 42.5 Å². The van der Waals surface area contributed by atoms with Crippen molar-refractivity contribution in [1.82, 2.24) is 9.55 Å². The number of benzene rings is 2. The largest absolute Gasteiger partial charge is 0.371 e. The Kier molecular flexibility index (Phi) is 6.82. The summed E-state index contributed by atoms with van der Waals surface area (Å²) >= 11 is 7.59. The van der Waals surface area contributed by atoms with E-state index in [-0.39, 0.29) is 16.6 Å². The smallest absolute Gasteiger partial charge is 0.263 e. The van der Waals surface area contributed by atoms with Gasteiger partial charge in [0.1, 0.15) is 5.78 Å². The van der Waals surface area contributed by atoms with Gasteiger partial charge in [-0.1, -0.05) is 23.7 Å². The number of carbonyl (C=O) groups is 1. The van der Waals surface area contributed by atoms with E-state index < -0.39 is 10.0 Å². The van der Waals surface area contributed by atoms with Crippen molar-refractivity contribution in [3.8, 4) is 0 Å². The van der Waals surface area contributed by atoms with Crippen LogP contribution in [0.5, 0.6) is 0 Å². The summed E-state index contributed by atoms with van der Waals surface area (Å²) in [7, 11) is -3.67. The summed E-state index contributed by atoms with van der Waals surface area (Å²) in [6.07, 6.45) is 5.61. The van der Waals surface area contributed by atoms with Crippen LogP contribution in [0.4, 0.5) is 10.8 Å². The number of ketones is 1. The van der Waals surface area contributed by atoms with Crippen LogP contribution < -0.4 is 9.62 Å². The lowest BCUT2D eigenvalue weighted by Crippen LogP contribution is -2.36. The Morgan fingerprint density at radius 1 is 1.11 bits per heavy atom. The molecule has 0 amide bonds. The zero-order valence-electron chi connectivity index (χ0n) is 18.9. The van der Waals surface area contributed by atoms with E-state index in [1.807, 2.05) is 42.6 Å². The highest BCUT2D eigenvalue weighted by atomic mass is 35.5. The number of fused-ring (bicyclic) bond motifs is 1. The van der Waals surface area contributed by atoms with E-state index in [4.69, 9.17) is 11.6 Å². The van der Waals surface area contributed by atoms with Gasteiger partial charge < -0.3 is 9.47 Å². The van der Waals surface area contributed by atoms with Crippen LogP contribution in [0.1, 0.15) is 19.3 Å². The first-order valence-electron chi connectivity index (χ1n) is 11.4. The van der Waals surface area contributed by atoms with Gasteiger partial charge in [0.05, 0.1) is 15.4 Å². The van der Waals surface area contributed by atoms with Gasteiger partial charge in [0.25, 0.3) is 10.0 Å². The van der Waals surface area contributed by atoms with Crippen molar-refractivity contribution in [3.63, 3.8) is 0 Å². The number of thiazole rings is 1. The molecule has 1 saturated heterocycles. The van der Waals surface area contributed by atoms with E-state index in [0.29, 0.717) is 23.1 Å². The van der Waals surface area contributed by atoms with Crippen LogP contribution in [0.2, 0.25) is 5.02 Å². The van der Waals surface area contributed by atoms with E-state index in [9.17, 15) is 13.2 Å². The predicted octanol–water partition coefficient (Wildman–Crippen LogP) is 5.43. The number of hydrogen-bond donors (Lipinski definition) is 1. The van der Waals surface area contributed by atoms with Gasteiger partial charge in [-0.3, -0.25) is 9.52 Å². The second-order valence-corrected chi connectivity index (χ2v) is 11.6. The van der Waals surface area contributed by atoms with Gasteiger partial charge in [-0.25, -0.2) is 13.4 Å². The molecule has 1 fully saturated rings. The van der Waals surface area contributed by atoms with Crippen LogP contribution in [-0.4, -0.2) is 36.8 Å². The maximum atomic E-state index is 12.9. The number of para-hydroxylation sites is 1. The molecule has 0 bridgehead atoms. The number of halogens is 1. The average Bonchev–Trinajstić information content (AvgIpc) is 3.53. The van der Waals surface area contributed by atoms with Crippen molar-refractivity contribution < 1.29 is 13.2 Å². The Labute approximate surface area is 213 Å². The van der Waals surface area contributed by atoms with Crippen molar-refractivity contribution in [2.24, 2.45) is 5.92 Å². The lowest BCUT2D eigenvalue weighted by atomic mass is 9.90. The van der Waals surface area contributed by atoms with Crippen LogP contribution >= 0.6 is 22.9 Å². The van der Waals surface area contributed by atoms with Crippen molar-refractivity contribution in [1.29, 1.82) is 0 Å². The summed E-state index contributed by atoms with van der Waals surface area (Å²) in [4.78, 5) is 19.3. The standard InChI is InChI=1S/C25H25ClN4O3S2/c26-22-3-1-2-19-10-15-30(24(19)22)16-11-23(31)18-8-13-29(14-9-18)20-4-6-21(7-5-20)35(32,33)28-25-27-12-17-34-25/h1-7,10,12,15,17-18H,8-9,11,13-14,16H2,(H,27,28). The molecular weight excluding hydrogens is 504 g/mol. The third-order valence-corrected chi connectivity index (χ3v) is 8.93. The van der Waals surface area contributed by atoms with Gasteiger partial charge in [-0.2, -0.15) is 0 Å². The van der Waals surface area contributed by atoms with Crippen LogP contribution in [0, 0.1) is 5.92 Å². The third kappa shape index (κ3) is 5.22. The maximum absolute atomic E-state index is 12.9. The van der Waals surface area contributed by atoms with Crippen LogP contribution in [-0.2, 0) is 21.4 Å². The molecule has 0 spiro atoms. The summed E-state index contributed by atoms with van der Waals surface area (Å²) in [6, 6.07) is 14.7. The molecule has 1 N–H and O–H groups in total. The lowest BCUT2D eigenvalue weighted by molar-refractivity contribution is -0.123. The van der Waals surface area contributed by atoms with E-state index >= 15 is 0 Å². The number of Topliss-reactive ketones (excluding diaryl/α,β-unsaturated/α-hetero) is 1. The molecule has 2 aromatic carbocycles. The molecule has 3 heterocycles. The quantitative estimate of drug-likeness (QED) is 0.330. The Balaban J connectivity index is 1.15. The number of rotatable bonds is 8. The molecular formula is C25H25ClN4O3S2. The fourth-order valence-corrected chi connectivity index (χ4v) is 6.66. The highest BCUT2D eigenvalue weighted by Crippen LogP contribution is 2.28. The van der Waals surface area contributed by atoms with Gasteiger partial charge in [-0.05, 0) is 49.2 Å². The Morgan fingerprint density at radius 3 is 2.60 bits per heavy atom. The first-order valence-corrected chi connectivity index (χ1v) is 14.2. The molecule has 10 heteroatoms. The number of nitrogens with one attached hydrogen (secondary N) is 1. The number of sulfonamides is 1. The molecule has 5 rings (SSSR count). The second-order valence-electron chi connectivity index (χ2n) is 8.60. The van der Waals surface area contributed by atoms with Gasteiger partial charge in [-0.15, -0.1) is 11.3 Å². The van der Waals surface area contributed by atoms with Crippen molar-refractivity contribution >= 4 is 60.5 Å². The number of nitrogens with zero attached hydrogens (tertiary/aromatic N) is 3. The van der Waals surface area contributed by atoms with Gasteiger partial charge >= 0.3 is 0 Å². The topological polar surface area (TPSA) is 84.3 Å². The second kappa shape index (κ2) is 10.0. The molecule has 2 aromatic heterocycles. The molecule has 7 nitrogen and oxygen atoms in total. The average molecular weight is 529 g/mol. The normalized spacial score (nSPS) is 14.9. The van der Waals surface area contributed by atoms with Gasteiger partial charge in [0.2, 0.25) is 0 Å². The number of piperidine rings is 1. The minimum Gasteiger partial charge on any atom is -0.371 e. The molecule has 0 atom stereocenters. The van der Waals surface area contributed by atoms with Gasteiger partial charge in [0.15, 0.2) is 5.13 Å². The maximum Gasteiger partial charge on any atom is 0.263 e. The Morgan fingerprint density at radius 2 is 1.89 bits per heavy atom. The molecule has 0 radical (unpaired) electrons. The predicted molar refractivity (Wildman–Crippen MR) is 141 cm³/mol. The van der Waals surface area contributed by atoms with Crippen LogP contribution in [0.25, 0.3) is 10.9 Å². The lowest BCUT2D eigenvalue weighted by Gasteiger charge is -2.33. The molecule has 1 aliphatic heterocycles. The van der Waals surface area contributed by atoms with E-state index in [2.05, 4.69) is 19.2 Å². The Hall–Kier alpha value is -2.88. The molecule has 0 aliphatic carbocycles. The molecule has 0 unspecified atom stereocenters. The highest BCUT2D eigenvalue weighted by molar-refractivity contribution is 7.93. The fourth-order valence-electron chi connectivity index (χ4n) is 4.58. The first-order chi connectivity index (χ1) is 16.9. The molecule has 182 valence electrons. The SMILES string of the molecule is O=C(CCn1ccc2cccc(Cl)c21)C1CCN(c2ccc(S(=O)(=O)Nc3nccs3)cc2)CC1. The Bertz CT molecular complexity index is 1430. The monoisotopic (exact) mass is 528 g/mol. The van der Waals surface area contributed by atoms with E-state index in [1.165, 1.54) is 11.3 Å². The number of carbonyl (C=O) groups excluding carboxylic acids is 1. The number of anilines is 2. The van der Waals surface area contributed by atoms with Gasteiger partial charge in [0, 0.05) is 60.8 Å². The van der Waals surface area contributed by atoms with E-state index in [1.54, 1.807) is 23.7 Å². The molecule has 35 heavy (non-hydrogen) atoms. The third-order valence-electron chi connectivity index (χ3n) is 6.45. The van der Waals surface area contributed by atoms with Crippen molar-refractivity contribution in [2.75, 3.05) is 22.7 Å². The van der Waals surface area contributed by atoms with Crippen molar-refractivity contribution in [2.45, 2.75) is 30.7 Å². The zero-order chi connectivity index (χ0) is 24.4. The summed E-state index contributed by atoms with van der Waals surface area (Å²) in [5, 5.41) is 3.84. The minimum atomic E-state index is -3.67. The summed E-state index contributed by atoms with van der Waals surface area (Å²) in [5.74, 6) is 0.332. The molecule has 1 aliphatic rings. The number of hydrogen-bond acceptors (Lipinski definition) is 6. The van der Waals surface area contributed by atoms with Crippen LogP contribution in [0.3, 0.4) is 0 Å². The highest BCUT2D eigenvalue weighted by Gasteiger charge is 2.25.